The van der Waals surface area contributed by atoms with E-state index in [9.17, 15) is 18.0 Å². The molecule has 0 unspecified atom stereocenters. The van der Waals surface area contributed by atoms with Crippen LogP contribution in [0.15, 0.2) is 0 Å². The zero-order valence-corrected chi connectivity index (χ0v) is 10.9. The van der Waals surface area contributed by atoms with Crippen LogP contribution in [0.1, 0.15) is 33.1 Å². The van der Waals surface area contributed by atoms with E-state index < -0.39 is 18.6 Å². The first kappa shape index (κ1) is 16.6. The zero-order valence-electron chi connectivity index (χ0n) is 10.2. The molecule has 0 heterocycles. The molecule has 1 amide bonds. The lowest BCUT2D eigenvalue weighted by molar-refractivity contribution is -0.162. The monoisotopic (exact) mass is 273 g/mol. The number of amides is 1. The fourth-order valence-corrected chi connectivity index (χ4v) is 1.63. The normalized spacial score (nSPS) is 11.9. The van der Waals surface area contributed by atoms with Crippen molar-refractivity contribution in [2.24, 2.45) is 5.92 Å². The van der Waals surface area contributed by atoms with Crippen LogP contribution in [0, 0.1) is 5.92 Å². The summed E-state index contributed by atoms with van der Waals surface area (Å²) in [6, 6.07) is 0. The highest BCUT2D eigenvalue weighted by molar-refractivity contribution is 6.17. The summed E-state index contributed by atoms with van der Waals surface area (Å²) in [4.78, 5) is 12.5. The average Bonchev–Trinajstić information content (AvgIpc) is 2.14. The smallest absolute Gasteiger partial charge is 0.333 e. The number of rotatable bonds is 7. The molecule has 0 saturated carbocycles. The third-order valence-corrected chi connectivity index (χ3v) is 2.35. The SMILES string of the molecule is CC(C)CN(CC(F)(F)F)C(=O)CCCCCl. The van der Waals surface area contributed by atoms with Gasteiger partial charge in [0.2, 0.25) is 5.91 Å². The Kier molecular flexibility index (Phi) is 7.59. The summed E-state index contributed by atoms with van der Waals surface area (Å²) in [7, 11) is 0. The Morgan fingerprint density at radius 2 is 1.88 bits per heavy atom. The third-order valence-electron chi connectivity index (χ3n) is 2.08. The van der Waals surface area contributed by atoms with Gasteiger partial charge in [-0.3, -0.25) is 4.79 Å². The van der Waals surface area contributed by atoms with Crippen LogP contribution in [-0.2, 0) is 4.79 Å². The molecule has 0 rings (SSSR count). The maximum Gasteiger partial charge on any atom is 0.406 e. The number of unbranched alkanes of at least 4 members (excludes halogenated alkanes) is 1. The molecule has 0 aliphatic carbocycles. The van der Waals surface area contributed by atoms with Crippen molar-refractivity contribution >= 4 is 17.5 Å². The Morgan fingerprint density at radius 1 is 1.29 bits per heavy atom. The standard InChI is InChI=1S/C11H19ClF3NO/c1-9(2)7-16(8-11(13,14)15)10(17)5-3-4-6-12/h9H,3-8H2,1-2H3. The summed E-state index contributed by atoms with van der Waals surface area (Å²) in [5.41, 5.74) is 0. The molecule has 0 atom stereocenters. The van der Waals surface area contributed by atoms with Gasteiger partial charge < -0.3 is 4.90 Å². The molecule has 0 spiro atoms. The van der Waals surface area contributed by atoms with Gasteiger partial charge in [-0.25, -0.2) is 0 Å². The number of alkyl halides is 4. The van der Waals surface area contributed by atoms with E-state index in [4.69, 9.17) is 11.6 Å². The van der Waals surface area contributed by atoms with Crippen LogP contribution in [0.25, 0.3) is 0 Å². The minimum Gasteiger partial charge on any atom is -0.333 e. The minimum absolute atomic E-state index is 0.0225. The summed E-state index contributed by atoms with van der Waals surface area (Å²) in [5.74, 6) is 0.00645. The Balaban J connectivity index is 4.30. The van der Waals surface area contributed by atoms with Crippen LogP contribution in [0.4, 0.5) is 13.2 Å². The molecule has 2 nitrogen and oxygen atoms in total. The predicted octanol–water partition coefficient (Wildman–Crippen LogP) is 3.44. The van der Waals surface area contributed by atoms with E-state index in [1.165, 1.54) is 0 Å². The van der Waals surface area contributed by atoms with Gasteiger partial charge in [-0.1, -0.05) is 13.8 Å². The van der Waals surface area contributed by atoms with Crippen molar-refractivity contribution in [1.82, 2.24) is 4.90 Å². The Hall–Kier alpha value is -0.450. The summed E-state index contributed by atoms with van der Waals surface area (Å²) >= 11 is 5.45. The molecule has 0 radical (unpaired) electrons. The molecule has 0 aromatic heterocycles. The largest absolute Gasteiger partial charge is 0.406 e. The highest BCUT2D eigenvalue weighted by Gasteiger charge is 2.32. The van der Waals surface area contributed by atoms with E-state index in [1.54, 1.807) is 13.8 Å². The van der Waals surface area contributed by atoms with Gasteiger partial charge in [-0.15, -0.1) is 11.6 Å². The first-order valence-corrected chi connectivity index (χ1v) is 6.20. The first-order valence-electron chi connectivity index (χ1n) is 5.66. The lowest BCUT2D eigenvalue weighted by atomic mass is 10.1. The second-order valence-electron chi connectivity index (χ2n) is 4.43. The van der Waals surface area contributed by atoms with Gasteiger partial charge in [-0.05, 0) is 18.8 Å². The Morgan fingerprint density at radius 3 is 2.29 bits per heavy atom. The van der Waals surface area contributed by atoms with E-state index in [0.29, 0.717) is 18.7 Å². The van der Waals surface area contributed by atoms with Crippen molar-refractivity contribution in [1.29, 1.82) is 0 Å². The number of carbonyl (C=O) groups excluding carboxylic acids is 1. The Bertz CT molecular complexity index is 231. The Labute approximate surface area is 105 Å². The molecule has 0 saturated heterocycles. The minimum atomic E-state index is -4.34. The van der Waals surface area contributed by atoms with Gasteiger partial charge in [0.25, 0.3) is 0 Å². The maximum absolute atomic E-state index is 12.3. The zero-order chi connectivity index (χ0) is 13.5. The third kappa shape index (κ3) is 9.27. The van der Waals surface area contributed by atoms with Gasteiger partial charge in [0, 0.05) is 18.8 Å². The molecule has 0 fully saturated rings. The number of hydrogen-bond donors (Lipinski definition) is 0. The molecule has 0 aliphatic rings. The molecule has 0 aromatic carbocycles. The summed E-state index contributed by atoms with van der Waals surface area (Å²) in [6.07, 6.45) is -3.02. The molecule has 0 bridgehead atoms. The van der Waals surface area contributed by atoms with Gasteiger partial charge >= 0.3 is 6.18 Å². The lowest BCUT2D eigenvalue weighted by Crippen LogP contribution is -2.41. The quantitative estimate of drug-likeness (QED) is 0.514. The van der Waals surface area contributed by atoms with Crippen molar-refractivity contribution in [2.75, 3.05) is 19.0 Å². The molecule has 0 N–H and O–H groups in total. The molecular weight excluding hydrogens is 255 g/mol. The second-order valence-corrected chi connectivity index (χ2v) is 4.81. The van der Waals surface area contributed by atoms with Gasteiger partial charge in [0.1, 0.15) is 6.54 Å². The van der Waals surface area contributed by atoms with Crippen LogP contribution in [0.5, 0.6) is 0 Å². The van der Waals surface area contributed by atoms with Crippen molar-refractivity contribution in [2.45, 2.75) is 39.3 Å². The highest BCUT2D eigenvalue weighted by atomic mass is 35.5. The van der Waals surface area contributed by atoms with E-state index in [0.717, 1.165) is 4.90 Å². The summed E-state index contributed by atoms with van der Waals surface area (Å²) in [5, 5.41) is 0. The molecule has 102 valence electrons. The van der Waals surface area contributed by atoms with Gasteiger partial charge in [0.15, 0.2) is 0 Å². The van der Waals surface area contributed by atoms with Crippen LogP contribution in [0.2, 0.25) is 0 Å². The molecule has 0 aliphatic heterocycles. The molecule has 0 aromatic rings. The predicted molar refractivity (Wildman–Crippen MR) is 62.0 cm³/mol. The first-order chi connectivity index (χ1) is 7.76. The van der Waals surface area contributed by atoms with Crippen molar-refractivity contribution in [3.63, 3.8) is 0 Å². The summed E-state index contributed by atoms with van der Waals surface area (Å²) < 4.78 is 36.9. The highest BCUT2D eigenvalue weighted by Crippen LogP contribution is 2.18. The molecule has 17 heavy (non-hydrogen) atoms. The van der Waals surface area contributed by atoms with Crippen LogP contribution in [-0.4, -0.2) is 36.0 Å². The van der Waals surface area contributed by atoms with Crippen LogP contribution in [0.3, 0.4) is 0 Å². The summed E-state index contributed by atoms with van der Waals surface area (Å²) in [6.45, 7) is 2.55. The number of carbonyl (C=O) groups is 1. The topological polar surface area (TPSA) is 20.3 Å². The van der Waals surface area contributed by atoms with E-state index in [2.05, 4.69) is 0 Å². The molecule has 6 heteroatoms. The second kappa shape index (κ2) is 7.80. The van der Waals surface area contributed by atoms with Crippen molar-refractivity contribution in [3.05, 3.63) is 0 Å². The van der Waals surface area contributed by atoms with E-state index in [-0.39, 0.29) is 18.9 Å². The van der Waals surface area contributed by atoms with Crippen molar-refractivity contribution in [3.8, 4) is 0 Å². The van der Waals surface area contributed by atoms with E-state index >= 15 is 0 Å². The number of hydrogen-bond acceptors (Lipinski definition) is 1. The van der Waals surface area contributed by atoms with Gasteiger partial charge in [-0.2, -0.15) is 13.2 Å². The molecular formula is C11H19ClF3NO. The number of halogens is 4. The fraction of sp³-hybridized carbons (Fsp3) is 0.909. The lowest BCUT2D eigenvalue weighted by Gasteiger charge is -2.25. The van der Waals surface area contributed by atoms with E-state index in [1.807, 2.05) is 0 Å². The number of nitrogens with zero attached hydrogens (tertiary/aromatic N) is 1. The maximum atomic E-state index is 12.3. The van der Waals surface area contributed by atoms with Crippen LogP contribution >= 0.6 is 11.6 Å². The average molecular weight is 274 g/mol. The fourth-order valence-electron chi connectivity index (χ4n) is 1.44. The van der Waals surface area contributed by atoms with Gasteiger partial charge in [0.05, 0.1) is 0 Å². The van der Waals surface area contributed by atoms with Crippen LogP contribution < -0.4 is 0 Å². The van der Waals surface area contributed by atoms with Crippen molar-refractivity contribution < 1.29 is 18.0 Å².